The molecule has 7 aromatic carbocycles. The van der Waals surface area contributed by atoms with Crippen LogP contribution in [0.4, 0.5) is 0 Å². The van der Waals surface area contributed by atoms with E-state index in [2.05, 4.69) is 182 Å². The van der Waals surface area contributed by atoms with Crippen LogP contribution in [0.15, 0.2) is 176 Å². The fourth-order valence-electron chi connectivity index (χ4n) is 8.36. The lowest BCUT2D eigenvalue weighted by Crippen LogP contribution is -2.16. The fourth-order valence-corrected chi connectivity index (χ4v) is 8.36. The number of rotatable bonds is 5. The van der Waals surface area contributed by atoms with E-state index in [-0.39, 0.29) is 5.41 Å². The third-order valence-corrected chi connectivity index (χ3v) is 10.8. The largest absolute Gasteiger partial charge is 0.309 e. The van der Waals surface area contributed by atoms with E-state index in [4.69, 9.17) is 9.97 Å². The van der Waals surface area contributed by atoms with Crippen molar-refractivity contribution < 1.29 is 0 Å². The number of para-hydroxylation sites is 1. The molecular weight excluding hydrogens is 631 g/mol. The molecule has 0 atom stereocenters. The van der Waals surface area contributed by atoms with Crippen LogP contribution in [-0.4, -0.2) is 14.5 Å². The Morgan fingerprint density at radius 1 is 0.423 bits per heavy atom. The molecule has 0 N–H and O–H groups in total. The summed E-state index contributed by atoms with van der Waals surface area (Å²) in [7, 11) is 0. The molecule has 3 heteroatoms. The molecule has 9 aromatic rings. The first kappa shape index (κ1) is 30.3. The lowest BCUT2D eigenvalue weighted by Gasteiger charge is -2.24. The average molecular weight is 666 g/mol. The van der Waals surface area contributed by atoms with Gasteiger partial charge in [0.05, 0.1) is 22.4 Å². The average Bonchev–Trinajstić information content (AvgIpc) is 3.66. The van der Waals surface area contributed by atoms with Gasteiger partial charge in [-0.1, -0.05) is 153 Å². The van der Waals surface area contributed by atoms with Gasteiger partial charge in [0, 0.05) is 38.6 Å². The van der Waals surface area contributed by atoms with Crippen molar-refractivity contribution in [1.82, 2.24) is 14.5 Å². The molecule has 0 spiro atoms. The lowest BCUT2D eigenvalue weighted by molar-refractivity contribution is 0.662. The van der Waals surface area contributed by atoms with Crippen molar-refractivity contribution in [2.45, 2.75) is 19.3 Å². The predicted molar refractivity (Wildman–Crippen MR) is 216 cm³/mol. The molecule has 3 nitrogen and oxygen atoms in total. The summed E-state index contributed by atoms with van der Waals surface area (Å²) in [4.78, 5) is 10.3. The number of nitrogens with zero attached hydrogens (tertiary/aromatic N) is 3. The zero-order chi connectivity index (χ0) is 34.8. The second-order valence-electron chi connectivity index (χ2n) is 14.2. The lowest BCUT2D eigenvalue weighted by atomic mass is 9.79. The van der Waals surface area contributed by atoms with Gasteiger partial charge < -0.3 is 4.57 Å². The summed E-state index contributed by atoms with van der Waals surface area (Å²) >= 11 is 0. The third kappa shape index (κ3) is 4.74. The Hall–Kier alpha value is -6.58. The molecule has 1 aliphatic rings. The Labute approximate surface area is 303 Å². The SMILES string of the molecule is CC1(C)c2ccccc2-c2cccc(-c3ccc4c(c3)c3ccc(-c5nc(-c6ccccc6)cc(-c6ccccc6)n5)cc3n4-c3ccccc3)c21. The van der Waals surface area contributed by atoms with Gasteiger partial charge in [-0.3, -0.25) is 0 Å². The highest BCUT2D eigenvalue weighted by atomic mass is 15.0. The Morgan fingerprint density at radius 3 is 1.73 bits per heavy atom. The van der Waals surface area contributed by atoms with Crippen LogP contribution in [0.1, 0.15) is 25.0 Å². The highest BCUT2D eigenvalue weighted by Gasteiger charge is 2.37. The molecule has 0 unspecified atom stereocenters. The summed E-state index contributed by atoms with van der Waals surface area (Å²) in [6, 6.07) is 62.8. The first-order valence-electron chi connectivity index (χ1n) is 17.9. The molecule has 0 aliphatic heterocycles. The molecule has 52 heavy (non-hydrogen) atoms. The quantitative estimate of drug-likeness (QED) is 0.183. The summed E-state index contributed by atoms with van der Waals surface area (Å²) in [6.45, 7) is 4.72. The van der Waals surface area contributed by atoms with Crippen LogP contribution < -0.4 is 0 Å². The van der Waals surface area contributed by atoms with E-state index in [0.29, 0.717) is 5.82 Å². The normalized spacial score (nSPS) is 13.0. The van der Waals surface area contributed by atoms with E-state index in [1.807, 2.05) is 12.1 Å². The van der Waals surface area contributed by atoms with Crippen LogP contribution in [0, 0.1) is 0 Å². The van der Waals surface area contributed by atoms with E-state index in [1.165, 1.54) is 49.7 Å². The molecule has 0 radical (unpaired) electrons. The number of hydrogen-bond acceptors (Lipinski definition) is 2. The topological polar surface area (TPSA) is 30.7 Å². The molecule has 0 bridgehead atoms. The van der Waals surface area contributed by atoms with Crippen molar-refractivity contribution in [2.75, 3.05) is 0 Å². The highest BCUT2D eigenvalue weighted by Crippen LogP contribution is 2.52. The van der Waals surface area contributed by atoms with Gasteiger partial charge in [0.25, 0.3) is 0 Å². The summed E-state index contributed by atoms with van der Waals surface area (Å²) in [5, 5.41) is 2.42. The predicted octanol–water partition coefficient (Wildman–Crippen LogP) is 12.5. The summed E-state index contributed by atoms with van der Waals surface area (Å²) in [5.74, 6) is 0.703. The molecule has 0 fully saturated rings. The van der Waals surface area contributed by atoms with Gasteiger partial charge in [-0.05, 0) is 69.8 Å². The van der Waals surface area contributed by atoms with E-state index in [9.17, 15) is 0 Å². The standard InChI is InChI=1S/C49H35N3/c1-49(2)42-24-13-12-21-38(42)40-23-14-22-37(47(40)49)34-26-28-45-41(29-34)39-27-25-35(30-46(39)52(45)36-19-10-5-11-20-36)48-50-43(32-15-6-3-7-16-32)31-44(51-48)33-17-8-4-9-18-33/h3-31H,1-2H3. The van der Waals surface area contributed by atoms with E-state index in [0.717, 1.165) is 39.3 Å². The zero-order valence-corrected chi connectivity index (χ0v) is 29.1. The van der Waals surface area contributed by atoms with E-state index < -0.39 is 0 Å². The number of hydrogen-bond donors (Lipinski definition) is 0. The molecule has 0 saturated heterocycles. The van der Waals surface area contributed by atoms with Crippen molar-refractivity contribution >= 4 is 21.8 Å². The molecule has 246 valence electrons. The van der Waals surface area contributed by atoms with Crippen LogP contribution in [0.25, 0.3) is 83.6 Å². The smallest absolute Gasteiger partial charge is 0.160 e. The molecule has 1 aliphatic carbocycles. The van der Waals surface area contributed by atoms with Crippen molar-refractivity contribution in [1.29, 1.82) is 0 Å². The Balaban J connectivity index is 1.19. The van der Waals surface area contributed by atoms with Gasteiger partial charge in [0.2, 0.25) is 0 Å². The number of fused-ring (bicyclic) bond motifs is 6. The van der Waals surface area contributed by atoms with E-state index in [1.54, 1.807) is 0 Å². The van der Waals surface area contributed by atoms with Crippen molar-refractivity contribution in [3.63, 3.8) is 0 Å². The fraction of sp³-hybridized carbons (Fsp3) is 0.0612. The highest BCUT2D eigenvalue weighted by molar-refractivity contribution is 6.11. The second kappa shape index (κ2) is 11.8. The van der Waals surface area contributed by atoms with Gasteiger partial charge >= 0.3 is 0 Å². The summed E-state index contributed by atoms with van der Waals surface area (Å²) in [5.41, 5.74) is 16.2. The summed E-state index contributed by atoms with van der Waals surface area (Å²) < 4.78 is 2.38. The van der Waals surface area contributed by atoms with Gasteiger partial charge in [0.15, 0.2) is 5.82 Å². The minimum Gasteiger partial charge on any atom is -0.309 e. The zero-order valence-electron chi connectivity index (χ0n) is 29.1. The first-order chi connectivity index (χ1) is 25.5. The van der Waals surface area contributed by atoms with Crippen LogP contribution >= 0.6 is 0 Å². The third-order valence-electron chi connectivity index (χ3n) is 10.8. The van der Waals surface area contributed by atoms with Crippen molar-refractivity contribution in [3.05, 3.63) is 187 Å². The van der Waals surface area contributed by atoms with Crippen LogP contribution in [0.3, 0.4) is 0 Å². The monoisotopic (exact) mass is 665 g/mol. The van der Waals surface area contributed by atoms with Crippen molar-refractivity contribution in [3.8, 4) is 61.8 Å². The molecule has 0 saturated carbocycles. The van der Waals surface area contributed by atoms with Crippen LogP contribution in [0.5, 0.6) is 0 Å². The Kier molecular flexibility index (Phi) is 6.84. The maximum absolute atomic E-state index is 5.16. The van der Waals surface area contributed by atoms with Gasteiger partial charge in [-0.25, -0.2) is 9.97 Å². The second-order valence-corrected chi connectivity index (χ2v) is 14.2. The molecule has 2 aromatic heterocycles. The van der Waals surface area contributed by atoms with Gasteiger partial charge in [-0.15, -0.1) is 0 Å². The Bertz CT molecular complexity index is 2740. The minimum absolute atomic E-state index is 0.0999. The number of benzene rings is 7. The molecule has 10 rings (SSSR count). The van der Waals surface area contributed by atoms with Crippen molar-refractivity contribution in [2.24, 2.45) is 0 Å². The molecule has 0 amide bonds. The van der Waals surface area contributed by atoms with Gasteiger partial charge in [0.1, 0.15) is 0 Å². The minimum atomic E-state index is -0.0999. The van der Waals surface area contributed by atoms with E-state index >= 15 is 0 Å². The maximum Gasteiger partial charge on any atom is 0.160 e. The van der Waals surface area contributed by atoms with Crippen LogP contribution in [0.2, 0.25) is 0 Å². The van der Waals surface area contributed by atoms with Gasteiger partial charge in [-0.2, -0.15) is 0 Å². The molecular formula is C49H35N3. The Morgan fingerprint density at radius 2 is 1.02 bits per heavy atom. The first-order valence-corrected chi connectivity index (χ1v) is 17.9. The maximum atomic E-state index is 5.16. The molecule has 2 heterocycles. The van der Waals surface area contributed by atoms with Crippen LogP contribution in [-0.2, 0) is 5.41 Å². The number of aromatic nitrogens is 3. The summed E-state index contributed by atoms with van der Waals surface area (Å²) in [6.07, 6.45) is 0.